The van der Waals surface area contributed by atoms with E-state index >= 15 is 0 Å². The molecule has 0 amide bonds. The van der Waals surface area contributed by atoms with Gasteiger partial charge in [0.1, 0.15) is 0 Å². The van der Waals surface area contributed by atoms with Crippen LogP contribution in [0.5, 0.6) is 0 Å². The standard InChI is InChI=1S/C82H27N/c1-83(2)14-4-6-15-17(8-14)19-9-18(15)22-16-5-3-12(21(19)22)7-13-10-81-77-69-61-51-41-33-25-23-24-27-31-29(25)37-45-39(31)49-43-35(27)36-28(24)32-30-26(23)34(33)42-48-38(30)46-40(32)50-44(36)54-53(43)63-57(49)67-59(45)65(55(61)47(37)41)71(77)75(67)79-73(63)74-64(54)58(50)68-60(46)66-56(48)62(52(42)51)70(69)78(81)72(66)76(68)80(74)82(79,81)11-20(13)16/h4,6,8,12,16,18-19,21-22H,3,5,7,9-11H2,1-2H3/t12-,16+,18-,19+,21+,22-,81?,82?/m1/s1. The maximum atomic E-state index is 2.67. The zero-order valence-corrected chi connectivity index (χ0v) is 44.4. The number of hydrogen-bond donors (Lipinski definition) is 0. The highest BCUT2D eigenvalue weighted by atomic mass is 15.1. The molecule has 4 bridgehead atoms. The van der Waals surface area contributed by atoms with Crippen molar-refractivity contribution < 1.29 is 0 Å². The van der Waals surface area contributed by atoms with Crippen LogP contribution in [0.3, 0.4) is 0 Å². The van der Waals surface area contributed by atoms with Crippen molar-refractivity contribution in [2.45, 2.75) is 61.2 Å². The Balaban J connectivity index is 0.900. The Hall–Kier alpha value is -8.78. The van der Waals surface area contributed by atoms with Crippen molar-refractivity contribution in [1.82, 2.24) is 0 Å². The Morgan fingerprint density at radius 3 is 0.904 bits per heavy atom. The zero-order valence-electron chi connectivity index (χ0n) is 44.4. The summed E-state index contributed by atoms with van der Waals surface area (Å²) in [5, 5.41) is 93.1. The van der Waals surface area contributed by atoms with E-state index in [9.17, 15) is 0 Å². The average molecular weight is 1030 g/mol. The van der Waals surface area contributed by atoms with Crippen LogP contribution >= 0.6 is 0 Å². The highest BCUT2D eigenvalue weighted by Gasteiger charge is 2.73. The van der Waals surface area contributed by atoms with Crippen molar-refractivity contribution in [3.8, 4) is 0 Å². The predicted octanol–water partition coefficient (Wildman–Crippen LogP) is 21.4. The molecule has 0 aromatic heterocycles. The maximum Gasteiger partial charge on any atom is 0.0406 e. The third-order valence-corrected chi connectivity index (χ3v) is 32.2. The van der Waals surface area contributed by atoms with E-state index < -0.39 is 0 Å². The average Bonchev–Trinajstić information content (AvgIpc) is 1.43. The number of anilines is 1. The molecule has 0 saturated heterocycles. The molecule has 0 radical (unpaired) electrons. The molecule has 1 heteroatoms. The van der Waals surface area contributed by atoms with Gasteiger partial charge in [-0.3, -0.25) is 0 Å². The summed E-state index contributed by atoms with van der Waals surface area (Å²) in [6.45, 7) is 0. The molecule has 0 heterocycles. The van der Waals surface area contributed by atoms with E-state index in [0.29, 0.717) is 11.8 Å². The first-order chi connectivity index (χ1) is 41.2. The summed E-state index contributed by atoms with van der Waals surface area (Å²) in [5.41, 5.74) is 16.1. The number of nitrogens with zero attached hydrogens (tertiary/aromatic N) is 1. The molecular weight excluding hydrogens is 999 g/mol. The van der Waals surface area contributed by atoms with Gasteiger partial charge in [0.2, 0.25) is 0 Å². The lowest BCUT2D eigenvalue weighted by Gasteiger charge is -2.58. The van der Waals surface area contributed by atoms with Gasteiger partial charge in [0, 0.05) is 30.6 Å². The molecule has 2 saturated carbocycles. The fourth-order valence-corrected chi connectivity index (χ4v) is 31.9. The summed E-state index contributed by atoms with van der Waals surface area (Å²) in [5.74, 6) is 4.49. The van der Waals surface area contributed by atoms with Gasteiger partial charge < -0.3 is 4.90 Å². The van der Waals surface area contributed by atoms with E-state index in [1.165, 1.54) is 44.2 Å². The second-order valence-electron chi connectivity index (χ2n) is 32.5. The van der Waals surface area contributed by atoms with Gasteiger partial charge in [-0.25, -0.2) is 0 Å². The Kier molecular flexibility index (Phi) is 3.05. The lowest BCUT2D eigenvalue weighted by Crippen LogP contribution is -2.55. The van der Waals surface area contributed by atoms with Crippen molar-refractivity contribution >= 4 is 297 Å². The Bertz CT molecular complexity index is 7930. The van der Waals surface area contributed by atoms with E-state index in [1.54, 1.807) is 302 Å². The smallest absolute Gasteiger partial charge is 0.0406 e. The largest absolute Gasteiger partial charge is 0.378 e. The van der Waals surface area contributed by atoms with Crippen molar-refractivity contribution in [1.29, 1.82) is 0 Å². The van der Waals surface area contributed by atoms with Gasteiger partial charge in [-0.1, -0.05) is 17.2 Å². The summed E-state index contributed by atoms with van der Waals surface area (Å²) in [7, 11) is 4.53. The highest BCUT2D eigenvalue weighted by molar-refractivity contribution is 6.82. The second kappa shape index (κ2) is 7.73. The molecule has 29 aromatic rings. The van der Waals surface area contributed by atoms with Gasteiger partial charge >= 0.3 is 0 Å². The fourth-order valence-electron chi connectivity index (χ4n) is 31.9. The molecule has 0 unspecified atom stereocenters. The van der Waals surface area contributed by atoms with Crippen LogP contribution in [0.2, 0.25) is 0 Å². The van der Waals surface area contributed by atoms with Gasteiger partial charge in [0.25, 0.3) is 0 Å². The van der Waals surface area contributed by atoms with E-state index in [4.69, 9.17) is 0 Å². The lowest BCUT2D eigenvalue weighted by atomic mass is 9.42. The minimum absolute atomic E-state index is 0.154. The van der Waals surface area contributed by atoms with Crippen LogP contribution in [-0.4, -0.2) is 14.1 Å². The molecular formula is C82H27N. The molecule has 360 valence electrons. The molecule has 0 aliphatic heterocycles. The Morgan fingerprint density at radius 2 is 0.590 bits per heavy atom. The SMILES string of the molecule is CN(C)c1ccc2c(c1)[C@@H]1C[C@H]2[C@@H]2[C@H]1[C@@H]1CC[C@H]2C2=C(C1)CC13c4c5c6c7c8c9c(c%10c%11c1c1c4c4c%12c5c5c6c6c8c8c%13c9c9c%10c%10c%11c%11c1c1c4c4c%12c%12c5c5c6c8c6c8c%13c9c9c%10c%10c%11c1c1c4c4c%12c5c6c5c8c9c%10c1c45)C73C2. The fraction of sp³-hybridized carbons (Fsp3) is 0.195. The summed E-state index contributed by atoms with van der Waals surface area (Å²) in [6.07, 6.45) is 8.10. The normalized spacial score (nSPS) is 28.8. The Labute approximate surface area is 460 Å². The van der Waals surface area contributed by atoms with Crippen LogP contribution < -0.4 is 4.90 Å². The highest BCUT2D eigenvalue weighted by Crippen LogP contribution is 2.87. The molecule has 83 heavy (non-hydrogen) atoms. The summed E-state index contributed by atoms with van der Waals surface area (Å²) in [6, 6.07) is 7.78. The third kappa shape index (κ3) is 1.92. The minimum Gasteiger partial charge on any atom is -0.378 e. The minimum atomic E-state index is -0.161. The van der Waals surface area contributed by atoms with Crippen LogP contribution in [0.1, 0.15) is 83.7 Å². The number of fused-ring (bicyclic) bond motifs is 6. The molecule has 0 N–H and O–H groups in total. The first-order valence-corrected chi connectivity index (χ1v) is 32.4. The monoisotopic (exact) mass is 1030 g/mol. The molecule has 6 atom stereocenters. The van der Waals surface area contributed by atoms with E-state index in [2.05, 4.69) is 37.2 Å². The molecule has 2 fully saturated rings. The van der Waals surface area contributed by atoms with Crippen LogP contribution in [-0.2, 0) is 10.8 Å². The predicted molar refractivity (Wildman–Crippen MR) is 349 cm³/mol. The van der Waals surface area contributed by atoms with Crippen molar-refractivity contribution in [2.24, 2.45) is 23.7 Å². The van der Waals surface area contributed by atoms with E-state index in [-0.39, 0.29) is 10.8 Å². The molecule has 10 aliphatic carbocycles. The van der Waals surface area contributed by atoms with Crippen LogP contribution in [0, 0.1) is 23.7 Å². The molecule has 1 nitrogen and oxygen atoms in total. The molecule has 2 spiro atoms. The summed E-state index contributed by atoms with van der Waals surface area (Å²) < 4.78 is 0. The van der Waals surface area contributed by atoms with Gasteiger partial charge in [0.05, 0.1) is 0 Å². The topological polar surface area (TPSA) is 3.24 Å². The summed E-state index contributed by atoms with van der Waals surface area (Å²) >= 11 is 0. The molecule has 39 rings (SSSR count). The quantitative estimate of drug-likeness (QED) is 0.117. The lowest BCUT2D eigenvalue weighted by molar-refractivity contribution is 0.115. The van der Waals surface area contributed by atoms with Crippen LogP contribution in [0.25, 0.3) is 291 Å². The third-order valence-electron chi connectivity index (χ3n) is 32.2. The van der Waals surface area contributed by atoms with Crippen molar-refractivity contribution in [3.63, 3.8) is 0 Å². The number of allylic oxidation sites excluding steroid dienone is 2. The van der Waals surface area contributed by atoms with Crippen molar-refractivity contribution in [2.75, 3.05) is 19.0 Å². The summed E-state index contributed by atoms with van der Waals surface area (Å²) in [4.78, 5) is 2.37. The molecule has 29 aromatic carbocycles. The number of hydrogen-bond acceptors (Lipinski definition) is 1. The van der Waals surface area contributed by atoms with E-state index in [1.807, 2.05) is 33.4 Å². The number of rotatable bonds is 1. The van der Waals surface area contributed by atoms with Gasteiger partial charge in [-0.05, 0) is 410 Å². The molecule has 10 aliphatic rings. The maximum absolute atomic E-state index is 2.67. The van der Waals surface area contributed by atoms with Crippen LogP contribution in [0.4, 0.5) is 5.69 Å². The van der Waals surface area contributed by atoms with Crippen molar-refractivity contribution in [3.05, 3.63) is 62.7 Å². The van der Waals surface area contributed by atoms with E-state index in [0.717, 1.165) is 23.7 Å². The second-order valence-corrected chi connectivity index (χ2v) is 32.5. The van der Waals surface area contributed by atoms with Crippen LogP contribution in [0.15, 0.2) is 29.3 Å². The van der Waals surface area contributed by atoms with Gasteiger partial charge in [-0.2, -0.15) is 0 Å². The Morgan fingerprint density at radius 1 is 0.301 bits per heavy atom. The van der Waals surface area contributed by atoms with Gasteiger partial charge in [-0.15, -0.1) is 0 Å². The number of benzene rings is 19. The van der Waals surface area contributed by atoms with Gasteiger partial charge in [0.15, 0.2) is 0 Å². The first-order valence-electron chi connectivity index (χ1n) is 32.4. The zero-order chi connectivity index (χ0) is 49.8. The first kappa shape index (κ1) is 32.8.